The van der Waals surface area contributed by atoms with Gasteiger partial charge in [-0.05, 0) is 78.8 Å². The van der Waals surface area contributed by atoms with Gasteiger partial charge in [0.15, 0.2) is 0 Å². The minimum atomic E-state index is -0.939. The van der Waals surface area contributed by atoms with Gasteiger partial charge in [0.2, 0.25) is 11.8 Å². The number of piperidine rings is 1. The third-order valence-electron chi connectivity index (χ3n) is 9.95. The number of carbonyl (C=O) groups excluding carboxylic acids is 2. The first-order valence-corrected chi connectivity index (χ1v) is 17.1. The lowest BCUT2D eigenvalue weighted by molar-refractivity contribution is -0.153. The molecule has 0 spiro atoms. The van der Waals surface area contributed by atoms with E-state index in [0.717, 1.165) is 49.2 Å². The number of carboxylic acids is 1. The van der Waals surface area contributed by atoms with Crippen molar-refractivity contribution in [3.8, 4) is 0 Å². The molecule has 3 aromatic rings. The average Bonchev–Trinajstić information content (AvgIpc) is 3.36. The van der Waals surface area contributed by atoms with E-state index >= 15 is 0 Å². The van der Waals surface area contributed by atoms with Gasteiger partial charge in [-0.25, -0.2) is 4.98 Å². The minimum Gasteiger partial charge on any atom is -0.481 e. The van der Waals surface area contributed by atoms with E-state index in [1.54, 1.807) is 18.7 Å². The zero-order valence-electron chi connectivity index (χ0n) is 27.6. The highest BCUT2D eigenvalue weighted by molar-refractivity contribution is 6.30. The van der Waals surface area contributed by atoms with Gasteiger partial charge in [-0.15, -0.1) is 0 Å². The lowest BCUT2D eigenvalue weighted by Gasteiger charge is -2.46. The third kappa shape index (κ3) is 7.54. The van der Waals surface area contributed by atoms with E-state index in [0.29, 0.717) is 37.7 Å². The number of imidazole rings is 1. The summed E-state index contributed by atoms with van der Waals surface area (Å²) in [6.07, 6.45) is 9.25. The molecular weight excluding hydrogens is 616 g/mol. The van der Waals surface area contributed by atoms with Crippen LogP contribution in [0.1, 0.15) is 73.7 Å². The summed E-state index contributed by atoms with van der Waals surface area (Å²) in [7, 11) is 0. The van der Waals surface area contributed by atoms with Crippen LogP contribution in [0.5, 0.6) is 0 Å². The Morgan fingerprint density at radius 1 is 1.02 bits per heavy atom. The summed E-state index contributed by atoms with van der Waals surface area (Å²) in [4.78, 5) is 55.4. The number of pyridine rings is 1. The highest BCUT2D eigenvalue weighted by Crippen LogP contribution is 2.38. The van der Waals surface area contributed by atoms with Crippen molar-refractivity contribution in [1.82, 2.24) is 29.2 Å². The number of aryl methyl sites for hydroxylation is 3. The van der Waals surface area contributed by atoms with Gasteiger partial charge in [0.1, 0.15) is 6.04 Å². The molecule has 250 valence electrons. The van der Waals surface area contributed by atoms with Crippen LogP contribution in [-0.2, 0) is 33.8 Å². The number of nitrogens with zero attached hydrogens (tertiary/aromatic N) is 6. The zero-order chi connectivity index (χ0) is 33.3. The number of benzene rings is 1. The SMILES string of the molecule is Cc1cn(C[C@@H]2CCCN(C(=O)[C@H]3CN([C@H]4c5ccc(Cl)cc5CCc5cccnc54)CCN3C(=O)CC(C)(C)CC(=O)O)C2)cn1. The first kappa shape index (κ1) is 33.2. The van der Waals surface area contributed by atoms with E-state index in [1.807, 2.05) is 48.7 Å². The van der Waals surface area contributed by atoms with Crippen molar-refractivity contribution in [2.45, 2.75) is 77.9 Å². The van der Waals surface area contributed by atoms with Crippen molar-refractivity contribution in [3.05, 3.63) is 82.2 Å². The summed E-state index contributed by atoms with van der Waals surface area (Å²) >= 11 is 6.46. The number of amides is 2. The molecule has 11 heteroatoms. The molecule has 4 heterocycles. The molecule has 1 aromatic carbocycles. The molecule has 2 amide bonds. The van der Waals surface area contributed by atoms with Crippen molar-refractivity contribution in [1.29, 1.82) is 0 Å². The van der Waals surface area contributed by atoms with Gasteiger partial charge in [0, 0.05) is 63.1 Å². The standard InChI is InChI=1S/C36H45ClN6O4/c1-24-19-40(23-39-24)20-25-6-5-13-42(21-25)35(47)30-22-41(14-15-43(30)31(44)17-36(2,3)18-32(45)46)34-29-11-10-28(37)16-27(29)9-8-26-7-4-12-38-33(26)34/h4,7,10-12,16,19,23,25,30,34H,5-6,8-9,13-15,17-18,20-22H2,1-3H3,(H,45,46)/t25-,30+,34-/m0/s1. The Labute approximate surface area is 281 Å². The second kappa shape index (κ2) is 13.8. The van der Waals surface area contributed by atoms with E-state index < -0.39 is 17.4 Å². The quantitative estimate of drug-likeness (QED) is 0.371. The summed E-state index contributed by atoms with van der Waals surface area (Å²) in [5, 5.41) is 10.2. The van der Waals surface area contributed by atoms with Crippen LogP contribution in [0.4, 0.5) is 0 Å². The second-order valence-electron chi connectivity index (χ2n) is 14.3. The van der Waals surface area contributed by atoms with Gasteiger partial charge in [-0.2, -0.15) is 0 Å². The first-order chi connectivity index (χ1) is 22.5. The van der Waals surface area contributed by atoms with Crippen LogP contribution in [0.15, 0.2) is 49.1 Å². The maximum Gasteiger partial charge on any atom is 0.303 e. The van der Waals surface area contributed by atoms with Gasteiger partial charge in [-0.1, -0.05) is 37.6 Å². The number of aromatic nitrogens is 3. The van der Waals surface area contributed by atoms with Crippen molar-refractivity contribution >= 4 is 29.4 Å². The van der Waals surface area contributed by atoms with Gasteiger partial charge in [0.05, 0.1) is 30.2 Å². The Morgan fingerprint density at radius 2 is 1.83 bits per heavy atom. The van der Waals surface area contributed by atoms with Crippen molar-refractivity contribution in [3.63, 3.8) is 0 Å². The highest BCUT2D eigenvalue weighted by Gasteiger charge is 2.43. The number of carbonyl (C=O) groups is 3. The van der Waals surface area contributed by atoms with Gasteiger partial charge in [-0.3, -0.25) is 24.3 Å². The Kier molecular flexibility index (Phi) is 9.71. The molecule has 2 aliphatic heterocycles. The number of fused-ring (bicyclic) bond motifs is 2. The van der Waals surface area contributed by atoms with E-state index in [1.165, 1.54) is 11.1 Å². The highest BCUT2D eigenvalue weighted by atomic mass is 35.5. The fraction of sp³-hybridized carbons (Fsp3) is 0.528. The molecule has 0 unspecified atom stereocenters. The summed E-state index contributed by atoms with van der Waals surface area (Å²) in [5.74, 6) is -0.875. The monoisotopic (exact) mass is 660 g/mol. The fourth-order valence-electron chi connectivity index (χ4n) is 7.78. The van der Waals surface area contributed by atoms with Crippen LogP contribution in [0.2, 0.25) is 5.02 Å². The largest absolute Gasteiger partial charge is 0.481 e. The Balaban J connectivity index is 1.31. The molecule has 2 aromatic heterocycles. The molecule has 0 saturated carbocycles. The number of hydrogen-bond donors (Lipinski definition) is 1. The van der Waals surface area contributed by atoms with Crippen LogP contribution in [0.3, 0.4) is 0 Å². The van der Waals surface area contributed by atoms with Crippen LogP contribution in [0.25, 0.3) is 0 Å². The van der Waals surface area contributed by atoms with Crippen molar-refractivity contribution in [2.24, 2.45) is 11.3 Å². The Morgan fingerprint density at radius 3 is 2.60 bits per heavy atom. The molecule has 47 heavy (non-hydrogen) atoms. The first-order valence-electron chi connectivity index (χ1n) is 16.7. The minimum absolute atomic E-state index is 0.0446. The molecule has 0 radical (unpaired) electrons. The lowest BCUT2D eigenvalue weighted by Crippen LogP contribution is -2.62. The maximum absolute atomic E-state index is 14.6. The molecule has 1 aliphatic carbocycles. The number of hydrogen-bond acceptors (Lipinski definition) is 6. The number of aliphatic carboxylic acids is 1. The number of carboxylic acid groups (broad SMARTS) is 1. The van der Waals surface area contributed by atoms with E-state index in [-0.39, 0.29) is 36.6 Å². The molecule has 3 atom stereocenters. The van der Waals surface area contributed by atoms with Crippen LogP contribution in [-0.4, -0.2) is 90.9 Å². The molecule has 2 saturated heterocycles. The average molecular weight is 661 g/mol. The van der Waals surface area contributed by atoms with E-state index in [9.17, 15) is 19.5 Å². The molecule has 10 nitrogen and oxygen atoms in total. The lowest BCUT2D eigenvalue weighted by atomic mass is 9.84. The third-order valence-corrected chi connectivity index (χ3v) is 10.2. The summed E-state index contributed by atoms with van der Waals surface area (Å²) in [6, 6.07) is 9.27. The summed E-state index contributed by atoms with van der Waals surface area (Å²) in [5.41, 5.74) is 4.69. The number of halogens is 1. The Bertz CT molecular complexity index is 1640. The van der Waals surface area contributed by atoms with Crippen molar-refractivity contribution < 1.29 is 19.5 Å². The van der Waals surface area contributed by atoms with E-state index in [2.05, 4.69) is 26.6 Å². The van der Waals surface area contributed by atoms with Gasteiger partial charge in [0.25, 0.3) is 0 Å². The number of likely N-dealkylation sites (tertiary alicyclic amines) is 1. The van der Waals surface area contributed by atoms with E-state index in [4.69, 9.17) is 16.6 Å². The molecule has 1 N–H and O–H groups in total. The van der Waals surface area contributed by atoms with Gasteiger partial charge < -0.3 is 19.5 Å². The smallest absolute Gasteiger partial charge is 0.303 e. The molecule has 6 rings (SSSR count). The topological polar surface area (TPSA) is 112 Å². The van der Waals surface area contributed by atoms with Crippen LogP contribution in [0, 0.1) is 18.3 Å². The normalized spacial score (nSPS) is 21.9. The van der Waals surface area contributed by atoms with Crippen molar-refractivity contribution in [2.75, 3.05) is 32.7 Å². The predicted molar refractivity (Wildman–Crippen MR) is 179 cm³/mol. The zero-order valence-corrected chi connectivity index (χ0v) is 28.3. The Hall–Kier alpha value is -3.76. The van der Waals surface area contributed by atoms with Crippen LogP contribution >= 0.6 is 11.6 Å². The molecular formula is C36H45ClN6O4. The predicted octanol–water partition coefficient (Wildman–Crippen LogP) is 4.77. The molecule has 3 aliphatic rings. The molecule has 0 bridgehead atoms. The molecule has 2 fully saturated rings. The summed E-state index contributed by atoms with van der Waals surface area (Å²) < 4.78 is 2.09. The number of piperazine rings is 1. The number of rotatable bonds is 8. The van der Waals surface area contributed by atoms with Crippen LogP contribution < -0.4 is 0 Å². The second-order valence-corrected chi connectivity index (χ2v) is 14.7. The fourth-order valence-corrected chi connectivity index (χ4v) is 7.97. The van der Waals surface area contributed by atoms with Gasteiger partial charge >= 0.3 is 5.97 Å². The summed E-state index contributed by atoms with van der Waals surface area (Å²) in [6.45, 7) is 8.91. The maximum atomic E-state index is 14.6.